The minimum absolute atomic E-state index is 0.0525. The number of nitrogens with one attached hydrogen (secondary N) is 1. The zero-order valence-corrected chi connectivity index (χ0v) is 32.2. The van der Waals surface area contributed by atoms with Crippen molar-refractivity contribution >= 4 is 45.0 Å². The lowest BCUT2D eigenvalue weighted by atomic mass is 9.70. The van der Waals surface area contributed by atoms with E-state index < -0.39 is 58.7 Å². The van der Waals surface area contributed by atoms with E-state index in [0.717, 1.165) is 30.4 Å². The van der Waals surface area contributed by atoms with Crippen molar-refractivity contribution in [2.75, 3.05) is 57.5 Å². The maximum atomic E-state index is 14.9. The van der Waals surface area contributed by atoms with Crippen LogP contribution < -0.4 is 15.0 Å². The number of alkyl halides is 3. The maximum Gasteiger partial charge on any atom is 0.403 e. The van der Waals surface area contributed by atoms with E-state index in [-0.39, 0.29) is 75.1 Å². The Morgan fingerprint density at radius 3 is 2.52 bits per heavy atom. The van der Waals surface area contributed by atoms with Crippen molar-refractivity contribution in [2.45, 2.75) is 76.8 Å². The number of ether oxygens (including phenoxy) is 4. The summed E-state index contributed by atoms with van der Waals surface area (Å²) in [5, 5.41) is 3.15. The van der Waals surface area contributed by atoms with Crippen LogP contribution in [0, 0.1) is 28.0 Å². The van der Waals surface area contributed by atoms with Gasteiger partial charge in [-0.05, 0) is 70.6 Å². The van der Waals surface area contributed by atoms with Gasteiger partial charge in [0, 0.05) is 43.1 Å². The van der Waals surface area contributed by atoms with Crippen LogP contribution in [0.4, 0.5) is 23.2 Å². The first kappa shape index (κ1) is 38.8. The Bertz CT molecular complexity index is 1960. The smallest absolute Gasteiger partial charge is 0.403 e. The molecule has 2 amide bonds. The molecule has 1 spiro atoms. The highest BCUT2D eigenvalue weighted by molar-refractivity contribution is 7.17. The topological polar surface area (TPSA) is 120 Å². The molecule has 4 aliphatic heterocycles. The molecule has 2 saturated carbocycles. The molecule has 1 N–H and O–H groups in total. The van der Waals surface area contributed by atoms with Crippen molar-refractivity contribution < 1.29 is 50.9 Å². The van der Waals surface area contributed by atoms with Crippen LogP contribution in [0.3, 0.4) is 0 Å². The minimum Gasteiger partial charge on any atom is -0.490 e. The highest BCUT2D eigenvalue weighted by Crippen LogP contribution is 2.60. The molecular formula is C40H46F4N4O7S. The number of amides is 2. The van der Waals surface area contributed by atoms with Crippen LogP contribution in [0.5, 0.6) is 5.75 Å². The predicted molar refractivity (Wildman–Crippen MR) is 198 cm³/mol. The van der Waals surface area contributed by atoms with E-state index in [2.05, 4.69) is 10.3 Å². The number of halogens is 4. The molecule has 3 aromatic rings. The number of para-hydroxylation sites is 1. The van der Waals surface area contributed by atoms with Crippen molar-refractivity contribution in [3.63, 3.8) is 0 Å². The van der Waals surface area contributed by atoms with Gasteiger partial charge in [0.25, 0.3) is 0 Å². The Morgan fingerprint density at radius 2 is 1.84 bits per heavy atom. The van der Waals surface area contributed by atoms with Gasteiger partial charge in [-0.2, -0.15) is 13.2 Å². The van der Waals surface area contributed by atoms with E-state index in [1.165, 1.54) is 28.4 Å². The molecule has 0 unspecified atom stereocenters. The van der Waals surface area contributed by atoms with Gasteiger partial charge in [-0.1, -0.05) is 12.1 Å². The number of esters is 1. The number of nitrogens with zero attached hydrogens (tertiary/aromatic N) is 3. The molecule has 6 fully saturated rings. The number of thiazole rings is 1. The highest BCUT2D eigenvalue weighted by atomic mass is 32.1. The maximum absolute atomic E-state index is 14.9. The highest BCUT2D eigenvalue weighted by Gasteiger charge is 2.71. The van der Waals surface area contributed by atoms with Crippen molar-refractivity contribution in [1.82, 2.24) is 15.2 Å². The Balaban J connectivity index is 1.05. The van der Waals surface area contributed by atoms with Gasteiger partial charge in [0.1, 0.15) is 29.2 Å². The fourth-order valence-electron chi connectivity index (χ4n) is 9.04. The number of anilines is 1. The third-order valence-electron chi connectivity index (χ3n) is 12.6. The van der Waals surface area contributed by atoms with E-state index in [1.807, 2.05) is 11.8 Å². The minimum atomic E-state index is -4.66. The van der Waals surface area contributed by atoms with Gasteiger partial charge in [-0.15, -0.1) is 11.3 Å². The van der Waals surface area contributed by atoms with Crippen LogP contribution in [-0.2, 0) is 23.8 Å². The molecule has 2 aromatic carbocycles. The molecule has 6 aliphatic rings. The number of fused-ring (bicyclic) bond motifs is 4. The van der Waals surface area contributed by atoms with Crippen LogP contribution in [0.2, 0.25) is 0 Å². The standard InChI is InChI=1S/C40H46F4N4O7S/c1-3-52-35(50)27-6-4-5-7-32(27)53-17-30(24(2)54-21-37-10-8-26(9-11-37)55-22-37)46-34(49)28-16-47(31-15-25(41)14-29-33(31)56-23-45-29)18-38(28)19-48(20-38)36(51)39(12-13-39)40(42,43)44/h4-7,14-15,23-24,26,28,30H,3,8-13,16-22H2,1-2H3,(H,46,49)/t24-,26?,28+,30-,37?/m1/s1. The third kappa shape index (κ3) is 7.10. The molecule has 302 valence electrons. The van der Waals surface area contributed by atoms with E-state index in [0.29, 0.717) is 24.4 Å². The first-order valence-corrected chi connectivity index (χ1v) is 20.2. The number of carbonyl (C=O) groups excluding carboxylic acids is 3. The Labute approximate surface area is 326 Å². The first-order valence-electron chi connectivity index (χ1n) is 19.3. The van der Waals surface area contributed by atoms with E-state index in [9.17, 15) is 31.9 Å². The van der Waals surface area contributed by atoms with E-state index in [4.69, 9.17) is 18.9 Å². The molecule has 3 atom stereocenters. The lowest BCUT2D eigenvalue weighted by Crippen LogP contribution is -2.66. The summed E-state index contributed by atoms with van der Waals surface area (Å²) in [6.07, 6.45) is -1.58. The van der Waals surface area contributed by atoms with Gasteiger partial charge in [-0.25, -0.2) is 14.2 Å². The van der Waals surface area contributed by atoms with Crippen molar-refractivity contribution in [3.05, 3.63) is 53.3 Å². The van der Waals surface area contributed by atoms with Gasteiger partial charge >= 0.3 is 12.1 Å². The number of hydrogen-bond donors (Lipinski definition) is 1. The summed E-state index contributed by atoms with van der Waals surface area (Å²) in [7, 11) is 0. The normalized spacial score (nSPS) is 25.8. The second-order valence-electron chi connectivity index (χ2n) is 16.3. The Hall–Kier alpha value is -4.02. The van der Waals surface area contributed by atoms with Crippen LogP contribution in [0.1, 0.15) is 62.7 Å². The number of aromatic nitrogens is 1. The summed E-state index contributed by atoms with van der Waals surface area (Å²) >= 11 is 1.33. The Kier molecular flexibility index (Phi) is 10.2. The second-order valence-corrected chi connectivity index (χ2v) is 17.2. The number of benzene rings is 2. The molecule has 2 aliphatic carbocycles. The number of rotatable bonds is 13. The lowest BCUT2D eigenvalue weighted by molar-refractivity contribution is -0.205. The van der Waals surface area contributed by atoms with Crippen molar-refractivity contribution in [2.24, 2.45) is 22.2 Å². The van der Waals surface area contributed by atoms with Crippen LogP contribution >= 0.6 is 11.3 Å². The quantitative estimate of drug-likeness (QED) is 0.161. The van der Waals surface area contributed by atoms with Gasteiger partial charge in [0.2, 0.25) is 11.8 Å². The monoisotopic (exact) mass is 802 g/mol. The molecule has 1 aromatic heterocycles. The molecule has 2 bridgehead atoms. The Morgan fingerprint density at radius 1 is 1.09 bits per heavy atom. The second kappa shape index (κ2) is 14.7. The molecular weight excluding hydrogens is 757 g/mol. The van der Waals surface area contributed by atoms with Crippen LogP contribution in [0.15, 0.2) is 41.9 Å². The van der Waals surface area contributed by atoms with Gasteiger partial charge in [0.15, 0.2) is 0 Å². The largest absolute Gasteiger partial charge is 0.490 e. The van der Waals surface area contributed by atoms with Gasteiger partial charge in [-0.3, -0.25) is 9.59 Å². The van der Waals surface area contributed by atoms with E-state index in [1.54, 1.807) is 36.7 Å². The van der Waals surface area contributed by atoms with Crippen molar-refractivity contribution in [3.8, 4) is 5.75 Å². The molecule has 9 rings (SSSR count). The SMILES string of the molecule is CCOC(=O)c1ccccc1OC[C@@H](NC(=O)[C@@H]1CN(c2cc(F)cc3ncsc23)CC12CN(C(=O)C1(C(F)(F)F)CC1)C2)[C@@H](C)OCC12CCC(CC1)OC2. The molecule has 56 heavy (non-hydrogen) atoms. The summed E-state index contributed by atoms with van der Waals surface area (Å²) in [6.45, 7) is 4.90. The van der Waals surface area contributed by atoms with E-state index >= 15 is 0 Å². The zero-order chi connectivity index (χ0) is 39.5. The molecule has 5 heterocycles. The summed E-state index contributed by atoms with van der Waals surface area (Å²) < 4.78 is 81.6. The van der Waals surface area contributed by atoms with Crippen LogP contribution in [-0.4, -0.2) is 105 Å². The van der Waals surface area contributed by atoms with Gasteiger partial charge < -0.3 is 34.1 Å². The summed E-state index contributed by atoms with van der Waals surface area (Å²) in [5.41, 5.74) is -0.588. The fraction of sp³-hybridized carbons (Fsp3) is 0.600. The summed E-state index contributed by atoms with van der Waals surface area (Å²) in [5.74, 6) is -2.93. The number of hydrogen-bond acceptors (Lipinski definition) is 10. The zero-order valence-electron chi connectivity index (χ0n) is 31.4. The van der Waals surface area contributed by atoms with Crippen molar-refractivity contribution in [1.29, 1.82) is 0 Å². The van der Waals surface area contributed by atoms with Gasteiger partial charge in [0.05, 0.1) is 65.4 Å². The summed E-state index contributed by atoms with van der Waals surface area (Å²) in [4.78, 5) is 48.1. The molecule has 16 heteroatoms. The number of carbonyl (C=O) groups is 3. The van der Waals surface area contributed by atoms with Crippen LogP contribution in [0.25, 0.3) is 10.2 Å². The molecule has 11 nitrogen and oxygen atoms in total. The fourth-order valence-corrected chi connectivity index (χ4v) is 9.85. The predicted octanol–water partition coefficient (Wildman–Crippen LogP) is 6.15. The average molecular weight is 803 g/mol. The number of likely N-dealkylation sites (tertiary alicyclic amines) is 1. The first-order chi connectivity index (χ1) is 26.8. The molecule has 4 saturated heterocycles. The summed E-state index contributed by atoms with van der Waals surface area (Å²) in [6, 6.07) is 8.64. The lowest BCUT2D eigenvalue weighted by Gasteiger charge is -2.51. The molecule has 0 radical (unpaired) electrons. The average Bonchev–Trinajstić information content (AvgIpc) is 3.71. The third-order valence-corrected chi connectivity index (χ3v) is 13.5.